The fourth-order valence-corrected chi connectivity index (χ4v) is 2.16. The van der Waals surface area contributed by atoms with E-state index in [-0.39, 0.29) is 5.41 Å². The molecule has 0 aliphatic rings. The molecule has 0 aliphatic heterocycles. The highest BCUT2D eigenvalue weighted by Crippen LogP contribution is 2.30. The number of hydrogen-bond acceptors (Lipinski definition) is 3. The predicted molar refractivity (Wildman–Crippen MR) is 74.2 cm³/mol. The van der Waals surface area contributed by atoms with Crippen molar-refractivity contribution in [2.24, 2.45) is 0 Å². The summed E-state index contributed by atoms with van der Waals surface area (Å²) in [6.45, 7) is 8.21. The first-order valence-corrected chi connectivity index (χ1v) is 6.17. The molecule has 2 aromatic rings. The molecule has 0 saturated heterocycles. The van der Waals surface area contributed by atoms with Gasteiger partial charge in [-0.2, -0.15) is 0 Å². The number of aromatic nitrogens is 3. The fourth-order valence-electron chi connectivity index (χ4n) is 1.99. The Morgan fingerprint density at radius 2 is 1.94 bits per heavy atom. The van der Waals surface area contributed by atoms with E-state index in [4.69, 9.17) is 17.3 Å². The van der Waals surface area contributed by atoms with E-state index < -0.39 is 0 Å². The second kappa shape index (κ2) is 4.28. The molecule has 2 N–H and O–H groups in total. The Morgan fingerprint density at radius 3 is 2.56 bits per heavy atom. The number of nitrogens with two attached hydrogens (primary N) is 1. The summed E-state index contributed by atoms with van der Waals surface area (Å²) in [6, 6.07) is 5.72. The molecule has 0 saturated carbocycles. The molecule has 0 amide bonds. The van der Waals surface area contributed by atoms with Crippen LogP contribution in [0, 0.1) is 6.92 Å². The van der Waals surface area contributed by atoms with Crippen LogP contribution >= 0.6 is 11.6 Å². The highest BCUT2D eigenvalue weighted by molar-refractivity contribution is 6.31. The van der Waals surface area contributed by atoms with Gasteiger partial charge in [0, 0.05) is 10.4 Å². The first kappa shape index (κ1) is 12.9. The van der Waals surface area contributed by atoms with Crippen LogP contribution in [0.2, 0.25) is 5.02 Å². The van der Waals surface area contributed by atoms with E-state index in [0.29, 0.717) is 10.8 Å². The van der Waals surface area contributed by atoms with Crippen LogP contribution in [0.1, 0.15) is 32.0 Å². The standard InChI is InChI=1S/C13H17ClN4/c1-8-9(14)6-5-7-10(8)18-11(13(2,3)4)12(15)16-17-18/h5-7H,15H2,1-4H3. The third-order valence-electron chi connectivity index (χ3n) is 2.87. The van der Waals surface area contributed by atoms with E-state index >= 15 is 0 Å². The molecule has 1 heterocycles. The van der Waals surface area contributed by atoms with Crippen molar-refractivity contribution in [3.05, 3.63) is 34.5 Å². The zero-order valence-electron chi connectivity index (χ0n) is 11.0. The van der Waals surface area contributed by atoms with Gasteiger partial charge in [-0.1, -0.05) is 43.7 Å². The van der Waals surface area contributed by atoms with E-state index in [1.54, 1.807) is 4.68 Å². The van der Waals surface area contributed by atoms with Crippen LogP contribution in [-0.2, 0) is 5.41 Å². The van der Waals surface area contributed by atoms with Gasteiger partial charge < -0.3 is 5.73 Å². The molecule has 96 valence electrons. The minimum absolute atomic E-state index is 0.137. The highest BCUT2D eigenvalue weighted by atomic mass is 35.5. The summed E-state index contributed by atoms with van der Waals surface area (Å²) in [5, 5.41) is 8.82. The molecule has 0 spiro atoms. The molecule has 18 heavy (non-hydrogen) atoms. The number of anilines is 1. The van der Waals surface area contributed by atoms with Gasteiger partial charge in [-0.05, 0) is 24.6 Å². The zero-order valence-corrected chi connectivity index (χ0v) is 11.8. The van der Waals surface area contributed by atoms with Gasteiger partial charge in [0.05, 0.1) is 11.4 Å². The maximum atomic E-state index is 6.14. The van der Waals surface area contributed by atoms with Crippen LogP contribution in [0.3, 0.4) is 0 Å². The monoisotopic (exact) mass is 264 g/mol. The van der Waals surface area contributed by atoms with Gasteiger partial charge in [-0.25, -0.2) is 4.68 Å². The van der Waals surface area contributed by atoms with Crippen LogP contribution in [0.15, 0.2) is 18.2 Å². The Morgan fingerprint density at radius 1 is 1.28 bits per heavy atom. The zero-order chi connectivity index (χ0) is 13.5. The summed E-state index contributed by atoms with van der Waals surface area (Å²) in [4.78, 5) is 0. The summed E-state index contributed by atoms with van der Waals surface area (Å²) in [6.07, 6.45) is 0. The quantitative estimate of drug-likeness (QED) is 0.861. The van der Waals surface area contributed by atoms with Crippen LogP contribution < -0.4 is 5.73 Å². The molecule has 1 aromatic carbocycles. The van der Waals surface area contributed by atoms with Crippen LogP contribution in [0.25, 0.3) is 5.69 Å². The van der Waals surface area contributed by atoms with E-state index in [9.17, 15) is 0 Å². The maximum Gasteiger partial charge on any atom is 0.170 e. The first-order chi connectivity index (χ1) is 8.32. The van der Waals surface area contributed by atoms with Crippen molar-refractivity contribution in [2.45, 2.75) is 33.1 Å². The minimum atomic E-state index is -0.137. The van der Waals surface area contributed by atoms with Crippen molar-refractivity contribution in [3.63, 3.8) is 0 Å². The maximum absolute atomic E-state index is 6.14. The molecule has 0 fully saturated rings. The molecule has 5 heteroatoms. The Hall–Kier alpha value is -1.55. The van der Waals surface area contributed by atoms with Gasteiger partial charge in [0.2, 0.25) is 0 Å². The normalized spacial score (nSPS) is 11.8. The van der Waals surface area contributed by atoms with E-state index in [0.717, 1.165) is 16.9 Å². The average Bonchev–Trinajstić information content (AvgIpc) is 2.64. The van der Waals surface area contributed by atoms with Crippen molar-refractivity contribution >= 4 is 17.4 Å². The summed E-state index contributed by atoms with van der Waals surface area (Å²) < 4.78 is 1.77. The van der Waals surface area contributed by atoms with E-state index in [1.165, 1.54) is 0 Å². The lowest BCUT2D eigenvalue weighted by atomic mass is 9.91. The molecule has 0 aliphatic carbocycles. The minimum Gasteiger partial charge on any atom is -0.381 e. The lowest BCUT2D eigenvalue weighted by molar-refractivity contribution is 0.544. The molecular formula is C13H17ClN4. The van der Waals surface area contributed by atoms with Crippen molar-refractivity contribution < 1.29 is 0 Å². The van der Waals surface area contributed by atoms with Gasteiger partial charge in [-0.3, -0.25) is 0 Å². The SMILES string of the molecule is Cc1c(Cl)cccc1-n1nnc(N)c1C(C)(C)C. The molecule has 0 unspecified atom stereocenters. The van der Waals surface area contributed by atoms with Gasteiger partial charge in [0.1, 0.15) is 0 Å². The van der Waals surface area contributed by atoms with Crippen molar-refractivity contribution in [3.8, 4) is 5.69 Å². The molecule has 2 rings (SSSR count). The van der Waals surface area contributed by atoms with Gasteiger partial charge >= 0.3 is 0 Å². The summed E-state index contributed by atoms with van der Waals surface area (Å²) in [7, 11) is 0. The van der Waals surface area contributed by atoms with Crippen LogP contribution in [0.5, 0.6) is 0 Å². The molecule has 1 aromatic heterocycles. The van der Waals surface area contributed by atoms with Gasteiger partial charge in [0.25, 0.3) is 0 Å². The largest absolute Gasteiger partial charge is 0.381 e. The van der Waals surface area contributed by atoms with Crippen molar-refractivity contribution in [1.29, 1.82) is 0 Å². The fraction of sp³-hybridized carbons (Fsp3) is 0.385. The van der Waals surface area contributed by atoms with Crippen molar-refractivity contribution in [1.82, 2.24) is 15.0 Å². The Balaban J connectivity index is 2.70. The number of hydrogen-bond donors (Lipinski definition) is 1. The number of benzene rings is 1. The Kier molecular flexibility index (Phi) is 3.07. The average molecular weight is 265 g/mol. The lowest BCUT2D eigenvalue weighted by Crippen LogP contribution is -2.19. The second-order valence-corrected chi connectivity index (χ2v) is 5.78. The number of nitrogen functional groups attached to an aromatic ring is 1. The molecular weight excluding hydrogens is 248 g/mol. The summed E-state index contributed by atoms with van der Waals surface area (Å²) in [5.74, 6) is 0.460. The lowest BCUT2D eigenvalue weighted by Gasteiger charge is -2.21. The Labute approximate surface area is 112 Å². The molecule has 0 atom stereocenters. The molecule has 4 nitrogen and oxygen atoms in total. The van der Waals surface area contributed by atoms with Crippen molar-refractivity contribution in [2.75, 3.05) is 5.73 Å². The van der Waals surface area contributed by atoms with E-state index in [1.807, 2.05) is 25.1 Å². The molecule has 0 radical (unpaired) electrons. The smallest absolute Gasteiger partial charge is 0.170 e. The second-order valence-electron chi connectivity index (χ2n) is 5.37. The number of rotatable bonds is 1. The number of halogens is 1. The topological polar surface area (TPSA) is 56.7 Å². The molecule has 0 bridgehead atoms. The Bertz CT molecular complexity index is 581. The van der Waals surface area contributed by atoms with Gasteiger partial charge in [0.15, 0.2) is 5.82 Å². The first-order valence-electron chi connectivity index (χ1n) is 5.79. The van der Waals surface area contributed by atoms with Gasteiger partial charge in [-0.15, -0.1) is 5.10 Å². The van der Waals surface area contributed by atoms with Crippen LogP contribution in [-0.4, -0.2) is 15.0 Å². The predicted octanol–water partition coefficient (Wildman–Crippen LogP) is 3.11. The third kappa shape index (κ3) is 2.08. The highest BCUT2D eigenvalue weighted by Gasteiger charge is 2.25. The van der Waals surface area contributed by atoms with E-state index in [2.05, 4.69) is 31.1 Å². The summed E-state index contributed by atoms with van der Waals surface area (Å²) >= 11 is 6.14. The summed E-state index contributed by atoms with van der Waals surface area (Å²) in [5.41, 5.74) is 8.57. The number of nitrogens with zero attached hydrogens (tertiary/aromatic N) is 3. The third-order valence-corrected chi connectivity index (χ3v) is 3.28. The van der Waals surface area contributed by atoms with Crippen LogP contribution in [0.4, 0.5) is 5.82 Å².